The Morgan fingerprint density at radius 1 is 1.29 bits per heavy atom. The van der Waals surface area contributed by atoms with Crippen LogP contribution in [0.2, 0.25) is 0 Å². The van der Waals surface area contributed by atoms with Gasteiger partial charge in [-0.05, 0) is 12.8 Å². The molecule has 0 unspecified atom stereocenters. The predicted octanol–water partition coefficient (Wildman–Crippen LogP) is 2.12. The van der Waals surface area contributed by atoms with Gasteiger partial charge in [-0.2, -0.15) is 8.78 Å². The van der Waals surface area contributed by atoms with E-state index in [1.54, 1.807) is 0 Å². The average Bonchev–Trinajstić information content (AvgIpc) is 2.28. The number of hydrogen-bond acceptors (Lipinski definition) is 1. The van der Waals surface area contributed by atoms with Crippen molar-refractivity contribution in [2.24, 2.45) is 10.7 Å². The molecule has 0 spiro atoms. The van der Waals surface area contributed by atoms with Gasteiger partial charge in [0.05, 0.1) is 0 Å². The molecule has 0 heterocycles. The maximum atomic E-state index is 12.5. The summed E-state index contributed by atoms with van der Waals surface area (Å²) in [5, 5.41) is 2.78. The molecule has 0 bridgehead atoms. The van der Waals surface area contributed by atoms with Gasteiger partial charge in [-0.1, -0.05) is 19.3 Å². The Morgan fingerprint density at radius 3 is 2.41 bits per heavy atom. The summed E-state index contributed by atoms with van der Waals surface area (Å²) in [6.07, 6.45) is 1.35. The largest absolute Gasteiger partial charge is 0.370 e. The highest BCUT2D eigenvalue weighted by Gasteiger charge is 2.40. The van der Waals surface area contributed by atoms with Crippen LogP contribution in [0.1, 0.15) is 32.1 Å². The molecule has 1 fully saturated rings. The van der Waals surface area contributed by atoms with E-state index in [2.05, 4.69) is 10.3 Å². The van der Waals surface area contributed by atoms with Crippen molar-refractivity contribution >= 4 is 5.96 Å². The van der Waals surface area contributed by atoms with Gasteiger partial charge in [-0.15, -0.1) is 0 Å². The minimum atomic E-state index is -4.11. The Hall–Kier alpha value is -1.01. The lowest BCUT2D eigenvalue weighted by molar-refractivity contribution is -0.120. The number of nitrogens with zero attached hydrogens (tertiary/aromatic N) is 1. The molecule has 0 aromatic rings. The molecule has 1 saturated carbocycles. The molecule has 0 saturated heterocycles. The topological polar surface area (TPSA) is 50.4 Å². The van der Waals surface area contributed by atoms with Gasteiger partial charge < -0.3 is 11.1 Å². The van der Waals surface area contributed by atoms with Crippen LogP contribution in [-0.2, 0) is 0 Å². The van der Waals surface area contributed by atoms with Crippen molar-refractivity contribution in [3.63, 3.8) is 0 Å². The summed E-state index contributed by atoms with van der Waals surface area (Å²) in [7, 11) is 0. The molecule has 1 rings (SSSR count). The van der Waals surface area contributed by atoms with E-state index in [1.807, 2.05) is 0 Å². The van der Waals surface area contributed by atoms with E-state index in [9.17, 15) is 17.6 Å². The van der Waals surface area contributed by atoms with Gasteiger partial charge in [0.25, 0.3) is 0 Å². The zero-order valence-corrected chi connectivity index (χ0v) is 9.43. The minimum Gasteiger partial charge on any atom is -0.370 e. The lowest BCUT2D eigenvalue weighted by Crippen LogP contribution is -2.42. The van der Waals surface area contributed by atoms with Crippen molar-refractivity contribution in [3.05, 3.63) is 0 Å². The van der Waals surface area contributed by atoms with Gasteiger partial charge in [-0.3, -0.25) is 0 Å². The molecule has 3 nitrogen and oxygen atoms in total. The molecule has 0 radical (unpaired) electrons. The summed E-state index contributed by atoms with van der Waals surface area (Å²) >= 11 is 0. The summed E-state index contributed by atoms with van der Waals surface area (Å²) in [6, 6.07) is 0.118. The SMILES string of the molecule is NC(=NCC(F)(F)C(F)F)NC1CCCCC1. The third-order valence-corrected chi connectivity index (χ3v) is 2.74. The summed E-state index contributed by atoms with van der Waals surface area (Å²) in [5.74, 6) is -4.30. The number of guanidine groups is 1. The lowest BCUT2D eigenvalue weighted by Gasteiger charge is -2.23. The summed E-state index contributed by atoms with van der Waals surface area (Å²) in [6.45, 7) is -1.28. The first-order chi connectivity index (χ1) is 7.92. The third-order valence-electron chi connectivity index (χ3n) is 2.74. The van der Waals surface area contributed by atoms with Crippen LogP contribution in [0, 0.1) is 0 Å². The van der Waals surface area contributed by atoms with Crippen LogP contribution in [0.25, 0.3) is 0 Å². The first kappa shape index (κ1) is 14.1. The molecule has 1 aliphatic carbocycles. The van der Waals surface area contributed by atoms with E-state index in [-0.39, 0.29) is 12.0 Å². The van der Waals surface area contributed by atoms with Gasteiger partial charge in [0.1, 0.15) is 6.54 Å². The maximum absolute atomic E-state index is 12.5. The molecule has 0 aromatic carbocycles. The summed E-state index contributed by atoms with van der Waals surface area (Å²) < 4.78 is 48.8. The second kappa shape index (κ2) is 6.07. The molecule has 7 heteroatoms. The number of hydrogen-bond donors (Lipinski definition) is 2. The zero-order valence-electron chi connectivity index (χ0n) is 9.43. The van der Waals surface area contributed by atoms with E-state index >= 15 is 0 Å². The molecule has 100 valence electrons. The quantitative estimate of drug-likeness (QED) is 0.459. The van der Waals surface area contributed by atoms with E-state index < -0.39 is 18.9 Å². The van der Waals surface area contributed by atoms with Crippen LogP contribution < -0.4 is 11.1 Å². The standard InChI is InChI=1S/C10H17F4N3/c11-8(12)10(13,14)6-16-9(15)17-7-4-2-1-3-5-7/h7-8H,1-6H2,(H3,15,16,17). The highest BCUT2D eigenvalue weighted by atomic mass is 19.3. The van der Waals surface area contributed by atoms with Crippen molar-refractivity contribution in [2.45, 2.75) is 50.5 Å². The van der Waals surface area contributed by atoms with Gasteiger partial charge in [0.15, 0.2) is 5.96 Å². The van der Waals surface area contributed by atoms with Crippen molar-refractivity contribution in [2.75, 3.05) is 6.54 Å². The lowest BCUT2D eigenvalue weighted by atomic mass is 9.96. The monoisotopic (exact) mass is 255 g/mol. The first-order valence-corrected chi connectivity index (χ1v) is 5.64. The van der Waals surface area contributed by atoms with Crippen molar-refractivity contribution in [1.82, 2.24) is 5.32 Å². The Bertz CT molecular complexity index is 262. The van der Waals surface area contributed by atoms with Crippen molar-refractivity contribution in [3.8, 4) is 0 Å². The maximum Gasteiger partial charge on any atom is 0.326 e. The normalized spacial score (nSPS) is 19.7. The highest BCUT2D eigenvalue weighted by molar-refractivity contribution is 5.78. The Morgan fingerprint density at radius 2 is 1.88 bits per heavy atom. The van der Waals surface area contributed by atoms with Crippen molar-refractivity contribution in [1.29, 1.82) is 0 Å². The van der Waals surface area contributed by atoms with Gasteiger partial charge in [0, 0.05) is 6.04 Å². The average molecular weight is 255 g/mol. The molecule has 0 aliphatic heterocycles. The fourth-order valence-corrected chi connectivity index (χ4v) is 1.76. The van der Waals surface area contributed by atoms with Gasteiger partial charge in [-0.25, -0.2) is 13.8 Å². The van der Waals surface area contributed by atoms with E-state index in [4.69, 9.17) is 5.73 Å². The van der Waals surface area contributed by atoms with Crippen LogP contribution in [0.3, 0.4) is 0 Å². The van der Waals surface area contributed by atoms with Gasteiger partial charge in [0.2, 0.25) is 0 Å². The second-order valence-electron chi connectivity index (χ2n) is 4.24. The molecule has 0 atom stereocenters. The Kier molecular flexibility index (Phi) is 5.02. The fourth-order valence-electron chi connectivity index (χ4n) is 1.76. The number of aliphatic imine (C=N–C) groups is 1. The fraction of sp³-hybridized carbons (Fsp3) is 0.900. The molecule has 0 aromatic heterocycles. The van der Waals surface area contributed by atoms with Crippen LogP contribution >= 0.6 is 0 Å². The highest BCUT2D eigenvalue weighted by Crippen LogP contribution is 2.22. The predicted molar refractivity (Wildman–Crippen MR) is 57.4 cm³/mol. The van der Waals surface area contributed by atoms with Crippen molar-refractivity contribution < 1.29 is 17.6 Å². The van der Waals surface area contributed by atoms with Crippen LogP contribution in [0.5, 0.6) is 0 Å². The number of nitrogens with one attached hydrogen (secondary N) is 1. The zero-order chi connectivity index (χ0) is 12.9. The Balaban J connectivity index is 2.38. The summed E-state index contributed by atoms with van der Waals surface area (Å²) in [4.78, 5) is 3.26. The number of halogens is 4. The van der Waals surface area contributed by atoms with Crippen LogP contribution in [0.15, 0.2) is 4.99 Å². The smallest absolute Gasteiger partial charge is 0.326 e. The van der Waals surface area contributed by atoms with E-state index in [0.29, 0.717) is 0 Å². The van der Waals surface area contributed by atoms with Crippen LogP contribution in [0.4, 0.5) is 17.6 Å². The van der Waals surface area contributed by atoms with Crippen LogP contribution in [-0.4, -0.2) is 30.9 Å². The second-order valence-corrected chi connectivity index (χ2v) is 4.24. The molecular weight excluding hydrogens is 238 g/mol. The molecule has 0 amide bonds. The number of nitrogens with two attached hydrogens (primary N) is 1. The number of rotatable bonds is 4. The first-order valence-electron chi connectivity index (χ1n) is 5.64. The molecule has 3 N–H and O–H groups in total. The van der Waals surface area contributed by atoms with E-state index in [1.165, 1.54) is 0 Å². The van der Waals surface area contributed by atoms with Gasteiger partial charge >= 0.3 is 12.3 Å². The molecule has 1 aliphatic rings. The summed E-state index contributed by atoms with van der Waals surface area (Å²) in [5.41, 5.74) is 5.37. The Labute approximate surface area is 97.5 Å². The van der Waals surface area contributed by atoms with E-state index in [0.717, 1.165) is 32.1 Å². The number of alkyl halides is 4. The minimum absolute atomic E-state index is 0.118. The molecule has 17 heavy (non-hydrogen) atoms. The third kappa shape index (κ3) is 4.79. The molecular formula is C10H17F4N3.